The first-order chi connectivity index (χ1) is 10.8. The van der Waals surface area contributed by atoms with Crippen molar-refractivity contribution in [1.82, 2.24) is 10.2 Å². The van der Waals surface area contributed by atoms with Crippen LogP contribution in [0.5, 0.6) is 0 Å². The highest BCUT2D eigenvalue weighted by atomic mass is 35.5. The second-order valence-corrected chi connectivity index (χ2v) is 5.39. The first-order valence-corrected chi connectivity index (χ1v) is 7.27. The van der Waals surface area contributed by atoms with E-state index in [-0.39, 0.29) is 0 Å². The average Bonchev–Trinajstić information content (AvgIpc) is 3.04. The smallest absolute Gasteiger partial charge is 0.248 e. The molecule has 0 radical (unpaired) electrons. The molecule has 0 aliphatic carbocycles. The van der Waals surface area contributed by atoms with E-state index in [0.29, 0.717) is 16.8 Å². The molecule has 4 aromatic rings. The lowest BCUT2D eigenvalue weighted by molar-refractivity contribution is 0.585. The van der Waals surface area contributed by atoms with Gasteiger partial charge in [0.15, 0.2) is 0 Å². The molecule has 22 heavy (non-hydrogen) atoms. The number of fused-ring (bicyclic) bond motifs is 1. The maximum atomic E-state index is 6.01. The summed E-state index contributed by atoms with van der Waals surface area (Å²) in [5, 5.41) is 11.2. The van der Waals surface area contributed by atoms with Crippen LogP contribution < -0.4 is 0 Å². The molecule has 4 rings (SSSR count). The van der Waals surface area contributed by atoms with E-state index >= 15 is 0 Å². The molecule has 0 aliphatic heterocycles. The van der Waals surface area contributed by atoms with Crippen molar-refractivity contribution in [2.75, 3.05) is 0 Å². The van der Waals surface area contributed by atoms with Crippen LogP contribution in [0, 0.1) is 0 Å². The topological polar surface area (TPSA) is 38.9 Å². The van der Waals surface area contributed by atoms with Crippen LogP contribution in [0.3, 0.4) is 0 Å². The number of rotatable bonds is 2. The van der Waals surface area contributed by atoms with E-state index in [9.17, 15) is 0 Å². The highest BCUT2D eigenvalue weighted by molar-refractivity contribution is 6.30. The summed E-state index contributed by atoms with van der Waals surface area (Å²) in [6, 6.07) is 21.5. The Hall–Kier alpha value is -2.65. The van der Waals surface area contributed by atoms with Crippen molar-refractivity contribution in [1.29, 1.82) is 0 Å². The Balaban J connectivity index is 1.84. The van der Waals surface area contributed by atoms with E-state index in [4.69, 9.17) is 16.0 Å². The molecule has 0 spiro atoms. The molecule has 3 aromatic carbocycles. The molecule has 106 valence electrons. The number of hydrogen-bond donors (Lipinski definition) is 0. The maximum absolute atomic E-state index is 6.01. The van der Waals surface area contributed by atoms with Gasteiger partial charge in [-0.1, -0.05) is 54.1 Å². The molecule has 1 heterocycles. The fraction of sp³-hybridized carbons (Fsp3) is 0. The molecule has 1 aromatic heterocycles. The largest absolute Gasteiger partial charge is 0.416 e. The minimum atomic E-state index is 0.463. The van der Waals surface area contributed by atoms with Gasteiger partial charge in [-0.3, -0.25) is 0 Å². The number of hydrogen-bond acceptors (Lipinski definition) is 3. The molecular weight excluding hydrogens is 296 g/mol. The summed E-state index contributed by atoms with van der Waals surface area (Å²) in [5.41, 5.74) is 1.74. The van der Waals surface area contributed by atoms with Crippen molar-refractivity contribution in [3.63, 3.8) is 0 Å². The third kappa shape index (κ3) is 2.26. The Morgan fingerprint density at radius 1 is 0.773 bits per heavy atom. The number of nitrogens with zero attached hydrogens (tertiary/aromatic N) is 2. The van der Waals surface area contributed by atoms with Crippen LogP contribution in [0.4, 0.5) is 0 Å². The van der Waals surface area contributed by atoms with E-state index in [2.05, 4.69) is 22.3 Å². The first-order valence-electron chi connectivity index (χ1n) is 6.89. The molecule has 0 aliphatic rings. The van der Waals surface area contributed by atoms with Crippen LogP contribution in [0.15, 0.2) is 71.1 Å². The Morgan fingerprint density at radius 2 is 1.55 bits per heavy atom. The zero-order valence-electron chi connectivity index (χ0n) is 11.5. The van der Waals surface area contributed by atoms with Gasteiger partial charge in [-0.15, -0.1) is 10.2 Å². The van der Waals surface area contributed by atoms with Gasteiger partial charge in [0.25, 0.3) is 0 Å². The van der Waals surface area contributed by atoms with Crippen molar-refractivity contribution in [3.8, 4) is 22.9 Å². The summed E-state index contributed by atoms with van der Waals surface area (Å²) >= 11 is 6.01. The van der Waals surface area contributed by atoms with Crippen LogP contribution in [0.2, 0.25) is 5.02 Å². The normalized spacial score (nSPS) is 11.0. The molecule has 0 unspecified atom stereocenters. The highest BCUT2D eigenvalue weighted by Crippen LogP contribution is 2.30. The second kappa shape index (κ2) is 5.28. The summed E-state index contributed by atoms with van der Waals surface area (Å²) in [6.07, 6.45) is 0. The first kappa shape index (κ1) is 13.0. The van der Waals surface area contributed by atoms with Crippen LogP contribution in [0.25, 0.3) is 33.7 Å². The number of aromatic nitrogens is 2. The Morgan fingerprint density at radius 3 is 2.45 bits per heavy atom. The lowest BCUT2D eigenvalue weighted by Gasteiger charge is -2.01. The van der Waals surface area contributed by atoms with Crippen LogP contribution in [-0.4, -0.2) is 10.2 Å². The zero-order valence-corrected chi connectivity index (χ0v) is 12.3. The predicted molar refractivity (Wildman–Crippen MR) is 87.7 cm³/mol. The minimum Gasteiger partial charge on any atom is -0.416 e. The van der Waals surface area contributed by atoms with E-state index in [0.717, 1.165) is 21.9 Å². The molecule has 0 saturated heterocycles. The summed E-state index contributed by atoms with van der Waals surface area (Å²) in [5.74, 6) is 0.970. The van der Waals surface area contributed by atoms with Gasteiger partial charge in [-0.05, 0) is 35.0 Å². The molecule has 3 nitrogen and oxygen atoms in total. The second-order valence-electron chi connectivity index (χ2n) is 4.95. The number of benzene rings is 3. The molecule has 0 N–H and O–H groups in total. The van der Waals surface area contributed by atoms with Gasteiger partial charge in [-0.2, -0.15) is 0 Å². The summed E-state index contributed by atoms with van der Waals surface area (Å²) in [6.45, 7) is 0. The Kier molecular flexibility index (Phi) is 3.13. The fourth-order valence-electron chi connectivity index (χ4n) is 2.48. The molecule has 4 heteroatoms. The van der Waals surface area contributed by atoms with Crippen LogP contribution in [-0.2, 0) is 0 Å². The molecule has 0 bridgehead atoms. The van der Waals surface area contributed by atoms with Gasteiger partial charge in [-0.25, -0.2) is 0 Å². The lowest BCUT2D eigenvalue weighted by atomic mass is 10.0. The predicted octanol–water partition coefficient (Wildman–Crippen LogP) is 5.21. The third-order valence-electron chi connectivity index (χ3n) is 3.52. The molecule has 0 amide bonds. The van der Waals surface area contributed by atoms with Gasteiger partial charge in [0, 0.05) is 16.1 Å². The minimum absolute atomic E-state index is 0.463. The zero-order chi connectivity index (χ0) is 14.9. The molecular formula is C18H11ClN2O. The fourth-order valence-corrected chi connectivity index (χ4v) is 2.67. The van der Waals surface area contributed by atoms with Crippen LogP contribution >= 0.6 is 11.6 Å². The van der Waals surface area contributed by atoms with Gasteiger partial charge in [0.2, 0.25) is 11.8 Å². The quantitative estimate of drug-likeness (QED) is 0.510. The SMILES string of the molecule is Clc1cccc(-c2nnc(-c3cccc4ccccc34)o2)c1. The lowest BCUT2D eigenvalue weighted by Crippen LogP contribution is -1.81. The highest BCUT2D eigenvalue weighted by Gasteiger charge is 2.12. The average molecular weight is 307 g/mol. The van der Waals surface area contributed by atoms with Gasteiger partial charge in [0.05, 0.1) is 0 Å². The summed E-state index contributed by atoms with van der Waals surface area (Å²) in [7, 11) is 0. The standard InChI is InChI=1S/C18H11ClN2O/c19-14-8-3-7-13(11-14)17-20-21-18(22-17)16-10-4-6-12-5-1-2-9-15(12)16/h1-11H. The Labute approximate surface area is 132 Å². The van der Waals surface area contributed by atoms with Crippen molar-refractivity contribution in [2.45, 2.75) is 0 Å². The molecule has 0 saturated carbocycles. The van der Waals surface area contributed by atoms with Crippen molar-refractivity contribution >= 4 is 22.4 Å². The van der Waals surface area contributed by atoms with E-state index in [1.807, 2.05) is 54.6 Å². The number of halogens is 1. The maximum Gasteiger partial charge on any atom is 0.248 e. The van der Waals surface area contributed by atoms with Crippen molar-refractivity contribution < 1.29 is 4.42 Å². The third-order valence-corrected chi connectivity index (χ3v) is 3.75. The summed E-state index contributed by atoms with van der Waals surface area (Å²) < 4.78 is 5.84. The van der Waals surface area contributed by atoms with Gasteiger partial charge in [0.1, 0.15) is 0 Å². The van der Waals surface area contributed by atoms with E-state index in [1.54, 1.807) is 0 Å². The monoisotopic (exact) mass is 306 g/mol. The van der Waals surface area contributed by atoms with Crippen molar-refractivity contribution in [3.05, 3.63) is 71.8 Å². The van der Waals surface area contributed by atoms with E-state index in [1.165, 1.54) is 0 Å². The molecule has 0 fully saturated rings. The van der Waals surface area contributed by atoms with E-state index < -0.39 is 0 Å². The van der Waals surface area contributed by atoms with Gasteiger partial charge >= 0.3 is 0 Å². The Bertz CT molecular complexity index is 957. The van der Waals surface area contributed by atoms with Crippen molar-refractivity contribution in [2.24, 2.45) is 0 Å². The summed E-state index contributed by atoms with van der Waals surface area (Å²) in [4.78, 5) is 0. The van der Waals surface area contributed by atoms with Gasteiger partial charge < -0.3 is 4.42 Å². The molecule has 0 atom stereocenters. The van der Waals surface area contributed by atoms with Crippen LogP contribution in [0.1, 0.15) is 0 Å².